The lowest BCUT2D eigenvalue weighted by Gasteiger charge is -2.11. The summed E-state index contributed by atoms with van der Waals surface area (Å²) in [7, 11) is 0. The van der Waals surface area contributed by atoms with Crippen molar-refractivity contribution in [1.82, 2.24) is 15.0 Å². The summed E-state index contributed by atoms with van der Waals surface area (Å²) in [5.74, 6) is 2.62. The van der Waals surface area contributed by atoms with Crippen LogP contribution in [0.15, 0.2) is 41.4 Å². The number of nitrogens with one attached hydrogen (secondary N) is 1. The van der Waals surface area contributed by atoms with Crippen molar-refractivity contribution in [3.63, 3.8) is 0 Å². The number of fused-ring (bicyclic) bond motifs is 1. The number of aromatic amines is 1. The van der Waals surface area contributed by atoms with Gasteiger partial charge in [0.15, 0.2) is 5.65 Å². The van der Waals surface area contributed by atoms with Crippen LogP contribution in [0.4, 0.5) is 0 Å². The molecule has 0 atom stereocenters. The second-order valence-corrected chi connectivity index (χ2v) is 6.53. The zero-order valence-corrected chi connectivity index (χ0v) is 15.4. The van der Waals surface area contributed by atoms with Crippen molar-refractivity contribution in [2.75, 3.05) is 24.9 Å². The number of ether oxygens (including phenoxy) is 1. The van der Waals surface area contributed by atoms with Gasteiger partial charge >= 0.3 is 0 Å². The second kappa shape index (κ2) is 8.47. The molecule has 23 heavy (non-hydrogen) atoms. The Morgan fingerprint density at radius 2 is 2.09 bits per heavy atom. The van der Waals surface area contributed by atoms with Crippen LogP contribution in [0.25, 0.3) is 22.6 Å². The van der Waals surface area contributed by atoms with Crippen molar-refractivity contribution in [3.05, 3.63) is 36.5 Å². The van der Waals surface area contributed by atoms with Crippen molar-refractivity contribution in [2.45, 2.75) is 4.90 Å². The zero-order valence-electron chi connectivity index (χ0n) is 12.9. The summed E-state index contributed by atoms with van der Waals surface area (Å²) in [6.07, 6.45) is 5.89. The number of thioether (sulfide) groups is 2. The summed E-state index contributed by atoms with van der Waals surface area (Å²) in [6.45, 7) is 0.685. The Morgan fingerprint density at radius 3 is 2.83 bits per heavy atom. The number of benzene rings is 1. The lowest BCUT2D eigenvalue weighted by Crippen LogP contribution is -2.01. The Bertz CT molecular complexity index is 746. The fraction of sp³-hybridized carbons (Fsp3) is 0.250. The number of hydrogen-bond donors (Lipinski definition) is 1. The molecule has 0 bridgehead atoms. The first-order valence-corrected chi connectivity index (χ1v) is 9.54. The molecule has 0 spiro atoms. The van der Waals surface area contributed by atoms with E-state index in [-0.39, 0.29) is 12.4 Å². The molecule has 2 heterocycles. The SMILES string of the molecule is CSCCOc1cc(SC)ccc1-c1nc2ncccc2[nH]1.Cl. The van der Waals surface area contributed by atoms with Gasteiger partial charge in [0.2, 0.25) is 0 Å². The van der Waals surface area contributed by atoms with E-state index in [2.05, 4.69) is 45.7 Å². The van der Waals surface area contributed by atoms with Crippen LogP contribution in [-0.2, 0) is 0 Å². The van der Waals surface area contributed by atoms with Gasteiger partial charge in [-0.25, -0.2) is 9.97 Å². The number of nitrogens with zero attached hydrogens (tertiary/aromatic N) is 2. The Balaban J connectivity index is 0.00000192. The molecule has 0 saturated heterocycles. The van der Waals surface area contributed by atoms with Crippen LogP contribution in [0.2, 0.25) is 0 Å². The van der Waals surface area contributed by atoms with Gasteiger partial charge in [0.25, 0.3) is 0 Å². The molecule has 0 aliphatic carbocycles. The molecule has 0 unspecified atom stereocenters. The number of halogens is 1. The fourth-order valence-corrected chi connectivity index (χ4v) is 2.83. The Morgan fingerprint density at radius 1 is 1.22 bits per heavy atom. The topological polar surface area (TPSA) is 50.8 Å². The van der Waals surface area contributed by atoms with E-state index in [1.807, 2.05) is 12.1 Å². The first-order valence-electron chi connectivity index (χ1n) is 6.92. The third-order valence-electron chi connectivity index (χ3n) is 3.25. The Hall–Kier alpha value is -1.37. The van der Waals surface area contributed by atoms with E-state index in [1.54, 1.807) is 29.7 Å². The van der Waals surface area contributed by atoms with Gasteiger partial charge in [0, 0.05) is 16.8 Å². The molecule has 7 heteroatoms. The average molecular weight is 368 g/mol. The molecular formula is C16H18ClN3OS2. The van der Waals surface area contributed by atoms with Gasteiger partial charge in [-0.1, -0.05) is 0 Å². The Kier molecular flexibility index (Phi) is 6.62. The minimum absolute atomic E-state index is 0. The van der Waals surface area contributed by atoms with Gasteiger partial charge in [0.05, 0.1) is 17.7 Å². The quantitative estimate of drug-likeness (QED) is 0.513. The number of H-pyrrole nitrogens is 1. The standard InChI is InChI=1S/C16H17N3OS2.ClH/c1-21-9-8-20-14-10-11(22-2)5-6-12(14)15-18-13-4-3-7-17-16(13)19-15;/h3-7,10H,8-9H2,1-2H3,(H,17,18,19);1H. The fourth-order valence-electron chi connectivity index (χ4n) is 2.15. The van der Waals surface area contributed by atoms with Gasteiger partial charge in [-0.2, -0.15) is 11.8 Å². The molecule has 122 valence electrons. The normalized spacial score (nSPS) is 10.5. The summed E-state index contributed by atoms with van der Waals surface area (Å²) < 4.78 is 5.96. The van der Waals surface area contributed by atoms with E-state index in [9.17, 15) is 0 Å². The molecule has 0 aliphatic heterocycles. The highest BCUT2D eigenvalue weighted by Crippen LogP contribution is 2.32. The van der Waals surface area contributed by atoms with Crippen LogP contribution in [0.3, 0.4) is 0 Å². The maximum atomic E-state index is 5.96. The summed E-state index contributed by atoms with van der Waals surface area (Å²) >= 11 is 3.48. The molecule has 0 amide bonds. The molecule has 0 aliphatic rings. The summed E-state index contributed by atoms with van der Waals surface area (Å²) in [6, 6.07) is 10.1. The number of imidazole rings is 1. The molecule has 1 N–H and O–H groups in total. The number of rotatable bonds is 6. The third kappa shape index (κ3) is 4.13. The third-order valence-corrected chi connectivity index (χ3v) is 4.55. The van der Waals surface area contributed by atoms with Crippen molar-refractivity contribution in [2.24, 2.45) is 0 Å². The van der Waals surface area contributed by atoms with E-state index in [4.69, 9.17) is 4.74 Å². The first kappa shape index (κ1) is 18.0. The average Bonchev–Trinajstić information content (AvgIpc) is 2.98. The predicted octanol–water partition coefficient (Wildman–Crippen LogP) is 4.51. The first-order chi connectivity index (χ1) is 10.8. The molecule has 0 saturated carbocycles. The van der Waals surface area contributed by atoms with E-state index in [0.717, 1.165) is 34.1 Å². The summed E-state index contributed by atoms with van der Waals surface area (Å²) in [4.78, 5) is 13.3. The molecule has 2 aromatic heterocycles. The highest BCUT2D eigenvalue weighted by Gasteiger charge is 2.12. The van der Waals surface area contributed by atoms with Gasteiger partial charge in [-0.05, 0) is 42.8 Å². The number of hydrogen-bond acceptors (Lipinski definition) is 5. The summed E-state index contributed by atoms with van der Waals surface area (Å²) in [5, 5.41) is 0. The molecule has 0 fully saturated rings. The van der Waals surface area contributed by atoms with Gasteiger partial charge in [0.1, 0.15) is 11.6 Å². The minimum Gasteiger partial charge on any atom is -0.492 e. The predicted molar refractivity (Wildman–Crippen MR) is 102 cm³/mol. The van der Waals surface area contributed by atoms with Crippen LogP contribution in [0, 0.1) is 0 Å². The van der Waals surface area contributed by atoms with Crippen molar-refractivity contribution in [1.29, 1.82) is 0 Å². The lowest BCUT2D eigenvalue weighted by molar-refractivity contribution is 0.344. The van der Waals surface area contributed by atoms with Crippen LogP contribution in [0.5, 0.6) is 5.75 Å². The van der Waals surface area contributed by atoms with Crippen LogP contribution in [-0.4, -0.2) is 39.8 Å². The summed E-state index contributed by atoms with van der Waals surface area (Å²) in [5.41, 5.74) is 2.62. The van der Waals surface area contributed by atoms with Gasteiger partial charge < -0.3 is 9.72 Å². The molecule has 3 rings (SSSR count). The van der Waals surface area contributed by atoms with E-state index in [0.29, 0.717) is 6.61 Å². The number of pyridine rings is 1. The van der Waals surface area contributed by atoms with Gasteiger partial charge in [-0.15, -0.1) is 24.2 Å². The highest BCUT2D eigenvalue weighted by molar-refractivity contribution is 7.98. The molecule has 1 aromatic carbocycles. The highest BCUT2D eigenvalue weighted by atomic mass is 35.5. The van der Waals surface area contributed by atoms with Crippen LogP contribution < -0.4 is 4.74 Å². The largest absolute Gasteiger partial charge is 0.492 e. The lowest BCUT2D eigenvalue weighted by atomic mass is 10.2. The van der Waals surface area contributed by atoms with Crippen molar-refractivity contribution < 1.29 is 4.74 Å². The maximum absolute atomic E-state index is 5.96. The monoisotopic (exact) mass is 367 g/mol. The molecule has 0 radical (unpaired) electrons. The van der Waals surface area contributed by atoms with Crippen LogP contribution in [0.1, 0.15) is 0 Å². The minimum atomic E-state index is 0. The van der Waals surface area contributed by atoms with Gasteiger partial charge in [-0.3, -0.25) is 0 Å². The van der Waals surface area contributed by atoms with E-state index >= 15 is 0 Å². The Labute approximate surface area is 150 Å². The second-order valence-electron chi connectivity index (χ2n) is 4.66. The number of aromatic nitrogens is 3. The molecule has 3 aromatic rings. The van der Waals surface area contributed by atoms with E-state index < -0.39 is 0 Å². The molecule has 4 nitrogen and oxygen atoms in total. The van der Waals surface area contributed by atoms with Crippen molar-refractivity contribution in [3.8, 4) is 17.1 Å². The smallest absolute Gasteiger partial charge is 0.178 e. The van der Waals surface area contributed by atoms with Crippen LogP contribution >= 0.6 is 35.9 Å². The molecular weight excluding hydrogens is 350 g/mol. The van der Waals surface area contributed by atoms with Crippen molar-refractivity contribution >= 4 is 47.1 Å². The zero-order chi connectivity index (χ0) is 15.4. The van der Waals surface area contributed by atoms with E-state index in [1.165, 1.54) is 4.90 Å². The maximum Gasteiger partial charge on any atom is 0.178 e.